The zero-order valence-corrected chi connectivity index (χ0v) is 19.4. The molecule has 0 unspecified atom stereocenters. The summed E-state index contributed by atoms with van der Waals surface area (Å²) in [6, 6.07) is 0. The molecule has 0 N–H and O–H groups in total. The summed E-state index contributed by atoms with van der Waals surface area (Å²) in [7, 11) is 0. The highest BCUT2D eigenvalue weighted by molar-refractivity contribution is 5.12. The molecule has 0 bridgehead atoms. The third-order valence-electron chi connectivity index (χ3n) is 8.08. The Kier molecular flexibility index (Phi) is 9.97. The molecule has 2 saturated carbocycles. The van der Waals surface area contributed by atoms with E-state index in [1.54, 1.807) is 0 Å². The minimum absolute atomic E-state index is 0.712. The largest absolute Gasteiger partial charge is 0.241 e. The first-order valence-corrected chi connectivity index (χ1v) is 13.1. The minimum atomic E-state index is 0.712. The maximum atomic E-state index is 4.75. The van der Waals surface area contributed by atoms with Crippen molar-refractivity contribution >= 4 is 0 Å². The predicted octanol–water partition coefficient (Wildman–Crippen LogP) is 8.26. The molecular formula is C27H46N2. The molecule has 2 nitrogen and oxygen atoms in total. The number of nitrogens with zero attached hydrogens (tertiary/aromatic N) is 2. The molecule has 2 fully saturated rings. The Hall–Kier alpha value is -0.920. The molecular weight excluding hydrogens is 352 g/mol. The van der Waals surface area contributed by atoms with Gasteiger partial charge in [0.1, 0.15) is 5.82 Å². The fraction of sp³-hybridized carbons (Fsp3) is 0.852. The van der Waals surface area contributed by atoms with E-state index in [1.165, 1.54) is 108 Å². The van der Waals surface area contributed by atoms with Crippen LogP contribution in [0.15, 0.2) is 12.4 Å². The van der Waals surface area contributed by atoms with Crippen LogP contribution in [0.5, 0.6) is 0 Å². The minimum Gasteiger partial charge on any atom is -0.241 e. The normalized spacial score (nSPS) is 27.8. The third-order valence-corrected chi connectivity index (χ3v) is 8.08. The van der Waals surface area contributed by atoms with E-state index in [1.807, 2.05) is 0 Å². The van der Waals surface area contributed by atoms with E-state index in [2.05, 4.69) is 26.2 Å². The van der Waals surface area contributed by atoms with E-state index in [0.29, 0.717) is 5.92 Å². The van der Waals surface area contributed by atoms with Crippen molar-refractivity contribution in [3.8, 4) is 0 Å². The zero-order chi connectivity index (χ0) is 20.3. The third kappa shape index (κ3) is 7.68. The van der Waals surface area contributed by atoms with Crippen LogP contribution in [0.1, 0.15) is 134 Å². The molecule has 0 atom stereocenters. The molecule has 29 heavy (non-hydrogen) atoms. The first-order chi connectivity index (χ1) is 14.3. The second-order valence-electron chi connectivity index (χ2n) is 10.2. The molecule has 0 spiro atoms. The number of unbranched alkanes of at least 4 members (excludes halogenated alkanes) is 4. The van der Waals surface area contributed by atoms with E-state index in [4.69, 9.17) is 9.97 Å². The quantitative estimate of drug-likeness (QED) is 0.350. The van der Waals surface area contributed by atoms with Crippen LogP contribution in [-0.4, -0.2) is 9.97 Å². The fourth-order valence-corrected chi connectivity index (χ4v) is 5.79. The van der Waals surface area contributed by atoms with Gasteiger partial charge >= 0.3 is 0 Å². The summed E-state index contributed by atoms with van der Waals surface area (Å²) in [6.07, 6.45) is 28.0. The number of rotatable bonds is 11. The molecule has 0 aromatic carbocycles. The summed E-state index contributed by atoms with van der Waals surface area (Å²) in [5, 5.41) is 0. The standard InChI is InChI=1S/C27H46N2/c1-3-5-6-7-8-9-23-10-12-24(13-11-23)16-19-27-28-20-26(21-29-27)25-17-14-22(4-2)15-18-25/h20-25H,3-19H2,1-2H3/t22-,23-,24-,25-. The van der Waals surface area contributed by atoms with Crippen LogP contribution in [0.2, 0.25) is 0 Å². The van der Waals surface area contributed by atoms with Crippen LogP contribution in [0, 0.1) is 17.8 Å². The summed E-state index contributed by atoms with van der Waals surface area (Å²) in [5.41, 5.74) is 1.39. The first-order valence-electron chi connectivity index (χ1n) is 13.1. The smallest absolute Gasteiger partial charge is 0.128 e. The second kappa shape index (κ2) is 12.7. The molecule has 164 valence electrons. The van der Waals surface area contributed by atoms with Gasteiger partial charge in [-0.2, -0.15) is 0 Å². The Labute approximate surface area is 180 Å². The lowest BCUT2D eigenvalue weighted by Gasteiger charge is -2.28. The van der Waals surface area contributed by atoms with Crippen molar-refractivity contribution in [3.63, 3.8) is 0 Å². The molecule has 1 heterocycles. The first kappa shape index (κ1) is 22.8. The molecule has 0 saturated heterocycles. The summed E-state index contributed by atoms with van der Waals surface area (Å²) in [6.45, 7) is 4.64. The van der Waals surface area contributed by atoms with Crippen molar-refractivity contribution in [2.45, 2.75) is 129 Å². The van der Waals surface area contributed by atoms with Crippen molar-refractivity contribution in [3.05, 3.63) is 23.8 Å². The van der Waals surface area contributed by atoms with E-state index < -0.39 is 0 Å². The molecule has 0 radical (unpaired) electrons. The van der Waals surface area contributed by atoms with E-state index in [9.17, 15) is 0 Å². The van der Waals surface area contributed by atoms with Gasteiger partial charge in [0.25, 0.3) is 0 Å². The molecule has 2 aliphatic carbocycles. The molecule has 2 heteroatoms. The van der Waals surface area contributed by atoms with Crippen molar-refractivity contribution in [2.75, 3.05) is 0 Å². The highest BCUT2D eigenvalue weighted by Crippen LogP contribution is 2.37. The van der Waals surface area contributed by atoms with Crippen molar-refractivity contribution in [2.24, 2.45) is 17.8 Å². The summed E-state index contributed by atoms with van der Waals surface area (Å²) in [5.74, 6) is 4.69. The average molecular weight is 399 g/mol. The number of aromatic nitrogens is 2. The van der Waals surface area contributed by atoms with Crippen LogP contribution in [-0.2, 0) is 6.42 Å². The van der Waals surface area contributed by atoms with Crippen LogP contribution >= 0.6 is 0 Å². The van der Waals surface area contributed by atoms with E-state index in [-0.39, 0.29) is 0 Å². The Morgan fingerprint density at radius 1 is 0.690 bits per heavy atom. The van der Waals surface area contributed by atoms with Crippen LogP contribution < -0.4 is 0 Å². The maximum absolute atomic E-state index is 4.75. The van der Waals surface area contributed by atoms with Gasteiger partial charge in [0, 0.05) is 18.8 Å². The monoisotopic (exact) mass is 398 g/mol. The Morgan fingerprint density at radius 2 is 1.28 bits per heavy atom. The zero-order valence-electron chi connectivity index (χ0n) is 19.4. The highest BCUT2D eigenvalue weighted by Gasteiger charge is 2.23. The van der Waals surface area contributed by atoms with Gasteiger partial charge < -0.3 is 0 Å². The molecule has 0 amide bonds. The van der Waals surface area contributed by atoms with Gasteiger partial charge in [-0.15, -0.1) is 0 Å². The SMILES string of the molecule is CCCCCCC[C@H]1CC[C@H](CCc2ncc([C@H]3CC[C@H](CC)CC3)cn2)CC1. The van der Waals surface area contributed by atoms with Crippen molar-refractivity contribution < 1.29 is 0 Å². The van der Waals surface area contributed by atoms with Gasteiger partial charge in [-0.05, 0) is 61.3 Å². The van der Waals surface area contributed by atoms with Gasteiger partial charge in [0.2, 0.25) is 0 Å². The fourth-order valence-electron chi connectivity index (χ4n) is 5.79. The van der Waals surface area contributed by atoms with Crippen molar-refractivity contribution in [1.82, 2.24) is 9.97 Å². The maximum Gasteiger partial charge on any atom is 0.128 e. The van der Waals surface area contributed by atoms with Crippen LogP contribution in [0.3, 0.4) is 0 Å². The predicted molar refractivity (Wildman–Crippen MR) is 124 cm³/mol. The lowest BCUT2D eigenvalue weighted by atomic mass is 9.78. The van der Waals surface area contributed by atoms with Gasteiger partial charge in [-0.1, -0.05) is 84.5 Å². The van der Waals surface area contributed by atoms with Crippen LogP contribution in [0.25, 0.3) is 0 Å². The van der Waals surface area contributed by atoms with Crippen LogP contribution in [0.4, 0.5) is 0 Å². The molecule has 1 aromatic heterocycles. The van der Waals surface area contributed by atoms with Gasteiger partial charge in [-0.3, -0.25) is 0 Å². The van der Waals surface area contributed by atoms with Gasteiger partial charge in [0.05, 0.1) is 0 Å². The lowest BCUT2D eigenvalue weighted by Crippen LogP contribution is -2.16. The van der Waals surface area contributed by atoms with Gasteiger partial charge in [0.15, 0.2) is 0 Å². The number of hydrogen-bond donors (Lipinski definition) is 0. The summed E-state index contributed by atoms with van der Waals surface area (Å²) < 4.78 is 0. The Bertz CT molecular complexity index is 536. The Morgan fingerprint density at radius 3 is 1.90 bits per heavy atom. The highest BCUT2D eigenvalue weighted by atomic mass is 14.9. The van der Waals surface area contributed by atoms with Crippen molar-refractivity contribution in [1.29, 1.82) is 0 Å². The summed E-state index contributed by atoms with van der Waals surface area (Å²) >= 11 is 0. The van der Waals surface area contributed by atoms with E-state index in [0.717, 1.165) is 30.0 Å². The Balaban J connectivity index is 1.31. The second-order valence-corrected chi connectivity index (χ2v) is 10.2. The number of aryl methyl sites for hydroxylation is 1. The molecule has 0 aliphatic heterocycles. The van der Waals surface area contributed by atoms with E-state index >= 15 is 0 Å². The van der Waals surface area contributed by atoms with Gasteiger partial charge in [-0.25, -0.2) is 9.97 Å². The topological polar surface area (TPSA) is 25.8 Å². The summed E-state index contributed by atoms with van der Waals surface area (Å²) in [4.78, 5) is 9.49. The average Bonchev–Trinajstić information content (AvgIpc) is 2.79. The molecule has 1 aromatic rings. The lowest BCUT2D eigenvalue weighted by molar-refractivity contribution is 0.248. The molecule has 3 rings (SSSR count). The number of hydrogen-bond acceptors (Lipinski definition) is 2. The molecule has 2 aliphatic rings.